The number of carbonyl (C=O) groups excluding carboxylic acids is 3. The largest absolute Gasteiger partial charge is 0.462 e. The molecule has 0 aliphatic heterocycles. The number of rotatable bonds is 60. The van der Waals surface area contributed by atoms with Crippen LogP contribution in [0.2, 0.25) is 0 Å². The number of hydrogen-bond acceptors (Lipinski definition) is 6. The fraction of sp³-hybridized carbons (Fsp3) is 0.736. The molecule has 6 heteroatoms. The van der Waals surface area contributed by atoms with Crippen LogP contribution in [0.4, 0.5) is 0 Å². The summed E-state index contributed by atoms with van der Waals surface area (Å²) in [5.41, 5.74) is 0. The number of ether oxygens (including phenoxy) is 3. The van der Waals surface area contributed by atoms with Gasteiger partial charge >= 0.3 is 17.9 Å². The van der Waals surface area contributed by atoms with Crippen molar-refractivity contribution in [1.82, 2.24) is 0 Å². The lowest BCUT2D eigenvalue weighted by Crippen LogP contribution is -2.30. The van der Waals surface area contributed by atoms with E-state index in [1.54, 1.807) is 0 Å². The van der Waals surface area contributed by atoms with Gasteiger partial charge in [-0.15, -0.1) is 0 Å². The van der Waals surface area contributed by atoms with Crippen molar-refractivity contribution in [2.24, 2.45) is 0 Å². The second-order valence-corrected chi connectivity index (χ2v) is 22.0. The zero-order valence-electron chi connectivity index (χ0n) is 51.4. The average Bonchev–Trinajstić information content (AvgIpc) is 3.44. The number of carbonyl (C=O) groups is 3. The van der Waals surface area contributed by atoms with Crippen LogP contribution in [0.1, 0.15) is 323 Å². The molecule has 0 heterocycles. The first-order chi connectivity index (χ1) is 38.5. The molecule has 0 saturated heterocycles. The Morgan fingerprint density at radius 3 is 0.795 bits per heavy atom. The van der Waals surface area contributed by atoms with Crippen molar-refractivity contribution in [3.8, 4) is 0 Å². The lowest BCUT2D eigenvalue weighted by Gasteiger charge is -2.18. The Labute approximate surface area is 483 Å². The summed E-state index contributed by atoms with van der Waals surface area (Å²) in [6.45, 7) is 6.53. The van der Waals surface area contributed by atoms with Crippen molar-refractivity contribution in [3.63, 3.8) is 0 Å². The second-order valence-electron chi connectivity index (χ2n) is 22.0. The van der Waals surface area contributed by atoms with Crippen LogP contribution in [-0.4, -0.2) is 37.2 Å². The zero-order chi connectivity index (χ0) is 56.4. The van der Waals surface area contributed by atoms with Gasteiger partial charge in [0.05, 0.1) is 0 Å². The molecule has 0 aromatic heterocycles. The molecule has 1 atom stereocenters. The predicted octanol–water partition coefficient (Wildman–Crippen LogP) is 22.8. The normalized spacial score (nSPS) is 12.7. The molecule has 0 fully saturated rings. The molecule has 448 valence electrons. The first kappa shape index (κ1) is 74.3. The first-order valence-corrected chi connectivity index (χ1v) is 33.2. The van der Waals surface area contributed by atoms with Gasteiger partial charge in [0.2, 0.25) is 0 Å². The van der Waals surface area contributed by atoms with Crippen molar-refractivity contribution >= 4 is 17.9 Å². The summed E-state index contributed by atoms with van der Waals surface area (Å²) in [6, 6.07) is 0. The Morgan fingerprint density at radius 2 is 0.500 bits per heavy atom. The SMILES string of the molecule is CC/C=C\C/C=C\C/C=C\C/C=C\CCCCCCCCCCC(=O)OCC(COC(=O)CCCCCCCCC/C=C\CCCCCCCCC)OC(=O)CCCCCCCC/C=C\C/C=C\C/C=C\CCCCCCC. The molecule has 0 radical (unpaired) electrons. The Kier molecular flexibility index (Phi) is 62.7. The van der Waals surface area contributed by atoms with Crippen LogP contribution in [0.3, 0.4) is 0 Å². The van der Waals surface area contributed by atoms with Crippen molar-refractivity contribution in [1.29, 1.82) is 0 Å². The molecular formula is C72H124O6. The minimum Gasteiger partial charge on any atom is -0.462 e. The Bertz CT molecular complexity index is 1530. The molecule has 1 unspecified atom stereocenters. The van der Waals surface area contributed by atoms with Crippen LogP contribution in [0.15, 0.2) is 97.2 Å². The van der Waals surface area contributed by atoms with Gasteiger partial charge in [-0.1, -0.05) is 279 Å². The van der Waals surface area contributed by atoms with E-state index in [1.165, 1.54) is 167 Å². The highest BCUT2D eigenvalue weighted by atomic mass is 16.6. The van der Waals surface area contributed by atoms with E-state index in [4.69, 9.17) is 14.2 Å². The van der Waals surface area contributed by atoms with Crippen molar-refractivity contribution in [2.75, 3.05) is 13.2 Å². The topological polar surface area (TPSA) is 78.9 Å². The maximum Gasteiger partial charge on any atom is 0.306 e. The van der Waals surface area contributed by atoms with Crippen LogP contribution in [-0.2, 0) is 28.6 Å². The van der Waals surface area contributed by atoms with Crippen LogP contribution >= 0.6 is 0 Å². The van der Waals surface area contributed by atoms with E-state index in [0.29, 0.717) is 19.3 Å². The maximum absolute atomic E-state index is 12.9. The Hall–Kier alpha value is -3.67. The first-order valence-electron chi connectivity index (χ1n) is 33.2. The van der Waals surface area contributed by atoms with Gasteiger partial charge in [-0.25, -0.2) is 0 Å². The van der Waals surface area contributed by atoms with E-state index in [9.17, 15) is 14.4 Å². The average molecular weight is 1090 g/mol. The highest BCUT2D eigenvalue weighted by molar-refractivity contribution is 5.71. The standard InChI is InChI=1S/C72H124O6/c1-4-7-10-13-16-19-22-25-28-31-34-36-38-41-44-47-50-53-56-59-62-65-71(74)77-68-69(67-76-70(73)64-61-58-55-52-49-46-43-40-33-30-27-24-21-18-15-12-9-6-3)78-72(75)66-63-60-57-54-51-48-45-42-39-37-35-32-29-26-23-20-17-14-11-8-5-2/h7,10,16,19,23,25-26,28,30,32-36,39,42,69H,4-6,8-9,11-15,17-18,20-22,24,27,29,31,37-38,40-41,43-68H2,1-3H3/b10-7-,19-16-,26-23-,28-25-,33-30-,35-32-,36-34-,42-39-. The van der Waals surface area contributed by atoms with Crippen LogP contribution in [0, 0.1) is 0 Å². The highest BCUT2D eigenvalue weighted by Crippen LogP contribution is 2.16. The van der Waals surface area contributed by atoms with Gasteiger partial charge in [-0.05, 0) is 122 Å². The molecule has 0 amide bonds. The maximum atomic E-state index is 12.9. The summed E-state index contributed by atoms with van der Waals surface area (Å²) in [5.74, 6) is -0.900. The minimum atomic E-state index is -0.793. The summed E-state index contributed by atoms with van der Waals surface area (Å²) in [6.07, 6.45) is 88.3. The molecule has 0 spiro atoms. The van der Waals surface area contributed by atoms with Gasteiger partial charge in [0, 0.05) is 19.3 Å². The van der Waals surface area contributed by atoms with Crippen molar-refractivity contribution in [3.05, 3.63) is 97.2 Å². The second kappa shape index (κ2) is 65.8. The van der Waals surface area contributed by atoms with Crippen molar-refractivity contribution in [2.45, 2.75) is 329 Å². The fourth-order valence-corrected chi connectivity index (χ4v) is 9.32. The molecule has 0 N–H and O–H groups in total. The fourth-order valence-electron chi connectivity index (χ4n) is 9.32. The lowest BCUT2D eigenvalue weighted by molar-refractivity contribution is -0.167. The third-order valence-electron chi connectivity index (χ3n) is 14.3. The van der Waals surface area contributed by atoms with Gasteiger partial charge in [-0.3, -0.25) is 14.4 Å². The van der Waals surface area contributed by atoms with Crippen LogP contribution < -0.4 is 0 Å². The molecule has 0 aromatic rings. The van der Waals surface area contributed by atoms with Gasteiger partial charge in [0.25, 0.3) is 0 Å². The summed E-state index contributed by atoms with van der Waals surface area (Å²) in [4.78, 5) is 38.4. The quantitative estimate of drug-likeness (QED) is 0.0261. The molecule has 0 rings (SSSR count). The third kappa shape index (κ3) is 63.2. The van der Waals surface area contributed by atoms with Crippen molar-refractivity contribution < 1.29 is 28.6 Å². The number of unbranched alkanes of at least 4 members (excludes halogenated alkanes) is 33. The molecule has 0 saturated carbocycles. The van der Waals surface area contributed by atoms with Crippen LogP contribution in [0.5, 0.6) is 0 Å². The smallest absolute Gasteiger partial charge is 0.306 e. The van der Waals surface area contributed by atoms with E-state index in [0.717, 1.165) is 116 Å². The minimum absolute atomic E-state index is 0.0871. The van der Waals surface area contributed by atoms with E-state index >= 15 is 0 Å². The van der Waals surface area contributed by atoms with Crippen LogP contribution in [0.25, 0.3) is 0 Å². The van der Waals surface area contributed by atoms with E-state index in [1.807, 2.05) is 0 Å². The molecule has 78 heavy (non-hydrogen) atoms. The van der Waals surface area contributed by atoms with Gasteiger partial charge in [0.15, 0.2) is 6.10 Å². The van der Waals surface area contributed by atoms with Gasteiger partial charge in [0.1, 0.15) is 13.2 Å². The Morgan fingerprint density at radius 1 is 0.269 bits per heavy atom. The zero-order valence-corrected chi connectivity index (χ0v) is 51.4. The van der Waals surface area contributed by atoms with Gasteiger partial charge in [-0.2, -0.15) is 0 Å². The molecule has 0 aromatic carbocycles. The molecular weight excluding hydrogens is 961 g/mol. The number of allylic oxidation sites excluding steroid dienone is 16. The summed E-state index contributed by atoms with van der Waals surface area (Å²) in [5, 5.41) is 0. The molecule has 0 aliphatic carbocycles. The van der Waals surface area contributed by atoms with E-state index < -0.39 is 6.10 Å². The predicted molar refractivity (Wildman–Crippen MR) is 339 cm³/mol. The monoisotopic (exact) mass is 1080 g/mol. The number of hydrogen-bond donors (Lipinski definition) is 0. The summed E-state index contributed by atoms with van der Waals surface area (Å²) < 4.78 is 17.0. The molecule has 0 aliphatic rings. The van der Waals surface area contributed by atoms with E-state index in [-0.39, 0.29) is 31.1 Å². The third-order valence-corrected chi connectivity index (χ3v) is 14.3. The molecule has 6 nitrogen and oxygen atoms in total. The summed E-state index contributed by atoms with van der Waals surface area (Å²) >= 11 is 0. The van der Waals surface area contributed by atoms with E-state index in [2.05, 4.69) is 118 Å². The number of esters is 3. The molecule has 0 bridgehead atoms. The summed E-state index contributed by atoms with van der Waals surface area (Å²) in [7, 11) is 0. The highest BCUT2D eigenvalue weighted by Gasteiger charge is 2.19. The van der Waals surface area contributed by atoms with Gasteiger partial charge < -0.3 is 14.2 Å². The lowest BCUT2D eigenvalue weighted by atomic mass is 10.1. The Balaban J connectivity index is 4.43.